The third-order valence-corrected chi connectivity index (χ3v) is 5.90. The van der Waals surface area contributed by atoms with Crippen molar-refractivity contribution in [1.82, 2.24) is 19.3 Å². The fourth-order valence-corrected chi connectivity index (χ4v) is 4.13. The Bertz CT molecular complexity index is 1130. The fraction of sp³-hybridized carbons (Fsp3) is 0.333. The van der Waals surface area contributed by atoms with Crippen LogP contribution in [-0.2, 0) is 22.7 Å². The third-order valence-electron chi connectivity index (χ3n) is 4.37. The van der Waals surface area contributed by atoms with Crippen LogP contribution in [-0.4, -0.2) is 30.1 Å². The molecule has 0 saturated carbocycles. The Morgan fingerprint density at radius 2 is 1.97 bits per heavy atom. The molecule has 0 aliphatic heterocycles. The zero-order valence-electron chi connectivity index (χ0n) is 15.9. The predicted molar refractivity (Wildman–Crippen MR) is 99.9 cm³/mol. The molecule has 2 heterocycles. The van der Waals surface area contributed by atoms with E-state index in [4.69, 9.17) is 4.74 Å². The Labute approximate surface area is 165 Å². The van der Waals surface area contributed by atoms with Crippen LogP contribution in [0.15, 0.2) is 41.4 Å². The number of pyridine rings is 1. The average molecular weight is 428 g/mol. The Hall–Kier alpha value is -2.66. The molecule has 0 radical (unpaired) electrons. The van der Waals surface area contributed by atoms with Crippen molar-refractivity contribution in [2.45, 2.75) is 37.5 Å². The second-order valence-electron chi connectivity index (χ2n) is 6.29. The molecule has 0 bridgehead atoms. The number of benzene rings is 1. The topological polar surface area (TPSA) is 86.1 Å². The lowest BCUT2D eigenvalue weighted by Crippen LogP contribution is -2.29. The second kappa shape index (κ2) is 7.64. The lowest BCUT2D eigenvalue weighted by molar-refractivity contribution is -0.137. The molecule has 0 fully saturated rings. The molecule has 3 rings (SSSR count). The van der Waals surface area contributed by atoms with E-state index in [1.807, 2.05) is 0 Å². The van der Waals surface area contributed by atoms with Gasteiger partial charge in [-0.1, -0.05) is 0 Å². The first-order chi connectivity index (χ1) is 13.6. The van der Waals surface area contributed by atoms with Crippen LogP contribution in [0.3, 0.4) is 0 Å². The molecule has 0 aliphatic carbocycles. The van der Waals surface area contributed by atoms with Crippen LogP contribution in [0.5, 0.6) is 5.88 Å². The summed E-state index contributed by atoms with van der Waals surface area (Å²) in [5.41, 5.74) is -0.148. The number of hydrogen-bond acceptors (Lipinski definition) is 5. The molecule has 1 atom stereocenters. The lowest BCUT2D eigenvalue weighted by Gasteiger charge is -2.16. The van der Waals surface area contributed by atoms with Crippen LogP contribution in [0.2, 0.25) is 0 Å². The summed E-state index contributed by atoms with van der Waals surface area (Å²) in [6.07, 6.45) is -3.32. The Balaban J connectivity index is 1.96. The lowest BCUT2D eigenvalue weighted by atomic mass is 10.2. The van der Waals surface area contributed by atoms with Crippen molar-refractivity contribution in [3.8, 4) is 5.88 Å². The quantitative estimate of drug-likeness (QED) is 0.649. The summed E-state index contributed by atoms with van der Waals surface area (Å²) in [5, 5.41) is 0. The normalized spacial score (nSPS) is 13.6. The second-order valence-corrected chi connectivity index (χ2v) is 8.01. The summed E-state index contributed by atoms with van der Waals surface area (Å²) in [4.78, 5) is 8.15. The van der Waals surface area contributed by atoms with Gasteiger partial charge >= 0.3 is 6.18 Å². The molecule has 3 aromatic rings. The third kappa shape index (κ3) is 4.20. The Morgan fingerprint density at radius 3 is 2.52 bits per heavy atom. The van der Waals surface area contributed by atoms with Gasteiger partial charge in [0, 0.05) is 12.6 Å². The molecule has 0 saturated heterocycles. The number of aromatic nitrogens is 3. The standard InChI is InChI=1S/C18H19F3N4O3S/c1-4-25-15-9-12(18(19,20)21)5-7-14(15)23-17(25)11(2)24-29(26,27)13-6-8-16(28-3)22-10-13/h5-11,24H,4H2,1-3H3/t11-/m1/s1. The van der Waals surface area contributed by atoms with E-state index in [1.54, 1.807) is 18.4 Å². The van der Waals surface area contributed by atoms with Gasteiger partial charge in [-0.2, -0.15) is 13.2 Å². The largest absolute Gasteiger partial charge is 0.481 e. The molecule has 11 heteroatoms. The van der Waals surface area contributed by atoms with E-state index in [1.165, 1.54) is 25.3 Å². The van der Waals surface area contributed by atoms with Crippen molar-refractivity contribution in [2.24, 2.45) is 0 Å². The molecule has 1 aromatic carbocycles. The van der Waals surface area contributed by atoms with E-state index < -0.39 is 27.8 Å². The van der Waals surface area contributed by atoms with Crippen molar-refractivity contribution in [1.29, 1.82) is 0 Å². The highest BCUT2D eigenvalue weighted by atomic mass is 32.2. The van der Waals surface area contributed by atoms with E-state index in [0.29, 0.717) is 17.9 Å². The highest BCUT2D eigenvalue weighted by molar-refractivity contribution is 7.89. The molecule has 0 unspecified atom stereocenters. The number of sulfonamides is 1. The minimum Gasteiger partial charge on any atom is -0.481 e. The number of aryl methyl sites for hydroxylation is 1. The van der Waals surface area contributed by atoms with Crippen LogP contribution in [0.25, 0.3) is 11.0 Å². The highest BCUT2D eigenvalue weighted by Crippen LogP contribution is 2.32. The first-order valence-corrected chi connectivity index (χ1v) is 10.1. The number of rotatable bonds is 6. The van der Waals surface area contributed by atoms with Crippen molar-refractivity contribution in [3.63, 3.8) is 0 Å². The Kier molecular flexibility index (Phi) is 5.54. The maximum atomic E-state index is 13.0. The molecule has 0 spiro atoms. The Morgan fingerprint density at radius 1 is 1.24 bits per heavy atom. The summed E-state index contributed by atoms with van der Waals surface area (Å²) < 4.78 is 73.4. The molecular formula is C18H19F3N4O3S. The molecule has 156 valence electrons. The van der Waals surface area contributed by atoms with Crippen molar-refractivity contribution in [2.75, 3.05) is 7.11 Å². The predicted octanol–water partition coefficient (Wildman–Crippen LogP) is 3.52. The molecule has 1 N–H and O–H groups in total. The van der Waals surface area contributed by atoms with Crippen LogP contribution in [0, 0.1) is 0 Å². The maximum absolute atomic E-state index is 13.0. The molecule has 7 nitrogen and oxygen atoms in total. The number of imidazole rings is 1. The van der Waals surface area contributed by atoms with Gasteiger partial charge < -0.3 is 9.30 Å². The molecular weight excluding hydrogens is 409 g/mol. The van der Waals surface area contributed by atoms with Gasteiger partial charge in [-0.3, -0.25) is 0 Å². The zero-order valence-corrected chi connectivity index (χ0v) is 16.7. The number of ether oxygens (including phenoxy) is 1. The van der Waals surface area contributed by atoms with Crippen LogP contribution >= 0.6 is 0 Å². The highest BCUT2D eigenvalue weighted by Gasteiger charge is 2.31. The SMILES string of the molecule is CCn1c([C@@H](C)NS(=O)(=O)c2ccc(OC)nc2)nc2ccc(C(F)(F)F)cc21. The van der Waals surface area contributed by atoms with Gasteiger partial charge in [0.15, 0.2) is 0 Å². The van der Waals surface area contributed by atoms with Gasteiger partial charge in [-0.25, -0.2) is 23.1 Å². The minimum atomic E-state index is -4.48. The van der Waals surface area contributed by atoms with Crippen molar-refractivity contribution >= 4 is 21.1 Å². The van der Waals surface area contributed by atoms with Gasteiger partial charge in [-0.05, 0) is 38.1 Å². The van der Waals surface area contributed by atoms with E-state index >= 15 is 0 Å². The average Bonchev–Trinajstić information content (AvgIpc) is 3.05. The van der Waals surface area contributed by atoms with Gasteiger partial charge in [0.25, 0.3) is 0 Å². The molecule has 0 amide bonds. The first kappa shape index (κ1) is 21.1. The zero-order chi connectivity index (χ0) is 21.4. The number of nitrogens with one attached hydrogen (secondary N) is 1. The van der Waals surface area contributed by atoms with Crippen LogP contribution < -0.4 is 9.46 Å². The van der Waals surface area contributed by atoms with Gasteiger partial charge in [0.05, 0.1) is 35.9 Å². The van der Waals surface area contributed by atoms with Crippen molar-refractivity contribution < 1.29 is 26.3 Å². The van der Waals surface area contributed by atoms with E-state index in [2.05, 4.69) is 14.7 Å². The van der Waals surface area contributed by atoms with Crippen LogP contribution in [0.4, 0.5) is 13.2 Å². The van der Waals surface area contributed by atoms with Crippen LogP contribution in [0.1, 0.15) is 31.3 Å². The monoisotopic (exact) mass is 428 g/mol. The summed E-state index contributed by atoms with van der Waals surface area (Å²) in [7, 11) is -2.51. The summed E-state index contributed by atoms with van der Waals surface area (Å²) in [6, 6.07) is 5.23. The molecule has 29 heavy (non-hydrogen) atoms. The van der Waals surface area contributed by atoms with E-state index in [9.17, 15) is 21.6 Å². The molecule has 2 aromatic heterocycles. The van der Waals surface area contributed by atoms with Gasteiger partial charge in [0.2, 0.25) is 15.9 Å². The summed E-state index contributed by atoms with van der Waals surface area (Å²) >= 11 is 0. The number of alkyl halides is 3. The summed E-state index contributed by atoms with van der Waals surface area (Å²) in [6.45, 7) is 3.65. The number of halogens is 3. The van der Waals surface area contributed by atoms with Gasteiger partial charge in [-0.15, -0.1) is 0 Å². The van der Waals surface area contributed by atoms with E-state index in [0.717, 1.165) is 18.3 Å². The van der Waals surface area contributed by atoms with Gasteiger partial charge in [0.1, 0.15) is 10.7 Å². The smallest absolute Gasteiger partial charge is 0.416 e. The van der Waals surface area contributed by atoms with E-state index in [-0.39, 0.29) is 16.3 Å². The maximum Gasteiger partial charge on any atom is 0.416 e. The molecule has 0 aliphatic rings. The fourth-order valence-electron chi connectivity index (χ4n) is 2.98. The minimum absolute atomic E-state index is 0.0660. The number of methoxy groups -OCH3 is 1. The number of fused-ring (bicyclic) bond motifs is 1. The van der Waals surface area contributed by atoms with Crippen molar-refractivity contribution in [3.05, 3.63) is 47.9 Å². The number of hydrogen-bond donors (Lipinski definition) is 1. The summed E-state index contributed by atoms with van der Waals surface area (Å²) in [5.74, 6) is 0.581. The first-order valence-electron chi connectivity index (χ1n) is 8.66. The number of nitrogens with zero attached hydrogens (tertiary/aromatic N) is 3.